The molecule has 0 bridgehead atoms. The average molecular weight is 350 g/mol. The molecule has 26 heavy (non-hydrogen) atoms. The maximum absolute atomic E-state index is 11.4. The number of rotatable bonds is 5. The minimum Gasteiger partial charge on any atom is -0.368 e. The number of hydrogen-bond acceptors (Lipinski definition) is 5. The van der Waals surface area contributed by atoms with Gasteiger partial charge in [0.15, 0.2) is 11.6 Å². The molecule has 0 amide bonds. The predicted octanol–water partition coefficient (Wildman–Crippen LogP) is 3.91. The summed E-state index contributed by atoms with van der Waals surface area (Å²) in [7, 11) is 0. The van der Waals surface area contributed by atoms with Gasteiger partial charge in [-0.2, -0.15) is 0 Å². The summed E-state index contributed by atoms with van der Waals surface area (Å²) >= 11 is 0. The fraction of sp³-hybridized carbons (Fsp3) is 0.300. The number of carbonyl (C=O) groups is 2. The summed E-state index contributed by atoms with van der Waals surface area (Å²) in [6, 6.07) is 14.8. The molecule has 0 spiro atoms. The van der Waals surface area contributed by atoms with Gasteiger partial charge in [-0.05, 0) is 62.4 Å². The van der Waals surface area contributed by atoms with Gasteiger partial charge in [-0.25, -0.2) is 0 Å². The van der Waals surface area contributed by atoms with Gasteiger partial charge in [0.1, 0.15) is 0 Å². The van der Waals surface area contributed by atoms with Gasteiger partial charge in [0, 0.05) is 29.9 Å². The Balaban J connectivity index is 1.54. The number of Topliss-reactive ketones (excluding diaryl/α,β-unsaturated/α-hetero) is 2. The van der Waals surface area contributed by atoms with Crippen molar-refractivity contribution in [2.45, 2.75) is 13.8 Å². The Morgan fingerprint density at radius 3 is 1.77 bits per heavy atom. The lowest BCUT2D eigenvalue weighted by Gasteiger charge is -2.33. The van der Waals surface area contributed by atoms with E-state index in [0.717, 1.165) is 43.1 Å². The van der Waals surface area contributed by atoms with Crippen LogP contribution < -0.4 is 4.90 Å². The van der Waals surface area contributed by atoms with E-state index in [-0.39, 0.29) is 11.6 Å². The topological polar surface area (TPSA) is 65.3 Å². The molecular weight excluding hydrogens is 328 g/mol. The molecule has 2 aromatic rings. The van der Waals surface area contributed by atoms with Crippen LogP contribution in [-0.4, -0.2) is 42.8 Å². The van der Waals surface area contributed by atoms with Gasteiger partial charge in [0.05, 0.1) is 18.8 Å². The van der Waals surface area contributed by atoms with Crippen LogP contribution in [0.4, 0.5) is 11.4 Å². The second-order valence-electron chi connectivity index (χ2n) is 6.34. The second-order valence-corrected chi connectivity index (χ2v) is 6.34. The second kappa shape index (κ2) is 7.91. The molecule has 6 nitrogen and oxygen atoms in total. The molecule has 0 N–H and O–H groups in total. The van der Waals surface area contributed by atoms with E-state index in [0.29, 0.717) is 5.56 Å². The van der Waals surface area contributed by atoms with E-state index in [1.54, 1.807) is 38.1 Å². The summed E-state index contributed by atoms with van der Waals surface area (Å²) in [6.07, 6.45) is 0. The zero-order chi connectivity index (χ0) is 18.5. The van der Waals surface area contributed by atoms with Crippen LogP contribution in [0.3, 0.4) is 0 Å². The van der Waals surface area contributed by atoms with Crippen LogP contribution in [0, 0.1) is 0 Å². The summed E-state index contributed by atoms with van der Waals surface area (Å²) in [5.74, 6) is 0.124. The minimum absolute atomic E-state index is 0.0425. The predicted molar refractivity (Wildman–Crippen MR) is 101 cm³/mol. The summed E-state index contributed by atoms with van der Waals surface area (Å²) in [5.41, 5.74) is 3.26. The van der Waals surface area contributed by atoms with Crippen molar-refractivity contribution in [3.05, 3.63) is 59.7 Å². The Morgan fingerprint density at radius 1 is 0.769 bits per heavy atom. The molecule has 2 aromatic carbocycles. The molecule has 0 saturated carbocycles. The standard InChI is InChI=1S/C20H22N4O2/c1-15(25)17-3-7-19(8-4-17)21-22-24-13-11-23(12-14-24)20-9-5-18(6-10-20)16(2)26/h3-10H,11-14H2,1-2H3. The van der Waals surface area contributed by atoms with Crippen molar-refractivity contribution in [3.8, 4) is 0 Å². The summed E-state index contributed by atoms with van der Waals surface area (Å²) in [6.45, 7) is 6.38. The number of benzene rings is 2. The Kier molecular flexibility index (Phi) is 5.41. The van der Waals surface area contributed by atoms with Crippen molar-refractivity contribution in [1.82, 2.24) is 5.01 Å². The SMILES string of the molecule is CC(=O)c1ccc(N=NN2CCN(c3ccc(C(C)=O)cc3)CC2)cc1. The lowest BCUT2D eigenvalue weighted by Crippen LogP contribution is -2.43. The first-order chi connectivity index (χ1) is 12.5. The Labute approximate surface area is 153 Å². The molecule has 0 radical (unpaired) electrons. The van der Waals surface area contributed by atoms with E-state index < -0.39 is 0 Å². The molecular formula is C20H22N4O2. The van der Waals surface area contributed by atoms with Crippen LogP contribution in [-0.2, 0) is 0 Å². The molecule has 0 aromatic heterocycles. The van der Waals surface area contributed by atoms with Gasteiger partial charge in [0.2, 0.25) is 0 Å². The molecule has 0 aliphatic carbocycles. The maximum atomic E-state index is 11.4. The minimum atomic E-state index is 0.0425. The van der Waals surface area contributed by atoms with Gasteiger partial charge in [-0.3, -0.25) is 14.6 Å². The highest BCUT2D eigenvalue weighted by molar-refractivity contribution is 5.94. The molecule has 6 heteroatoms. The monoisotopic (exact) mass is 350 g/mol. The molecule has 1 aliphatic rings. The first-order valence-electron chi connectivity index (χ1n) is 8.66. The van der Waals surface area contributed by atoms with Crippen molar-refractivity contribution in [2.24, 2.45) is 10.3 Å². The van der Waals surface area contributed by atoms with Crippen molar-refractivity contribution < 1.29 is 9.59 Å². The number of hydrogen-bond donors (Lipinski definition) is 0. The van der Waals surface area contributed by atoms with Gasteiger partial charge >= 0.3 is 0 Å². The Hall–Kier alpha value is -3.02. The number of nitrogens with zero attached hydrogens (tertiary/aromatic N) is 4. The zero-order valence-corrected chi connectivity index (χ0v) is 15.1. The van der Waals surface area contributed by atoms with E-state index in [1.165, 1.54) is 0 Å². The van der Waals surface area contributed by atoms with Crippen LogP contribution in [0.1, 0.15) is 34.6 Å². The average Bonchev–Trinajstić information content (AvgIpc) is 2.67. The number of anilines is 1. The van der Waals surface area contributed by atoms with Gasteiger partial charge in [-0.15, -0.1) is 5.11 Å². The van der Waals surface area contributed by atoms with E-state index in [9.17, 15) is 9.59 Å². The Bertz CT molecular complexity index is 805. The molecule has 1 heterocycles. The summed E-state index contributed by atoms with van der Waals surface area (Å²) in [5, 5.41) is 10.5. The molecule has 3 rings (SSSR count). The molecule has 1 saturated heterocycles. The van der Waals surface area contributed by atoms with Crippen molar-refractivity contribution >= 4 is 22.9 Å². The van der Waals surface area contributed by atoms with E-state index in [1.807, 2.05) is 29.3 Å². The van der Waals surface area contributed by atoms with Crippen molar-refractivity contribution in [2.75, 3.05) is 31.1 Å². The van der Waals surface area contributed by atoms with E-state index >= 15 is 0 Å². The smallest absolute Gasteiger partial charge is 0.159 e. The molecule has 1 aliphatic heterocycles. The Morgan fingerprint density at radius 2 is 1.27 bits per heavy atom. The number of piperazine rings is 1. The number of carbonyl (C=O) groups excluding carboxylic acids is 2. The summed E-state index contributed by atoms with van der Waals surface area (Å²) in [4.78, 5) is 24.9. The van der Waals surface area contributed by atoms with Crippen LogP contribution >= 0.6 is 0 Å². The zero-order valence-electron chi connectivity index (χ0n) is 15.1. The molecule has 1 fully saturated rings. The van der Waals surface area contributed by atoms with E-state index in [2.05, 4.69) is 15.2 Å². The maximum Gasteiger partial charge on any atom is 0.159 e. The molecule has 0 unspecified atom stereocenters. The first-order valence-corrected chi connectivity index (χ1v) is 8.66. The van der Waals surface area contributed by atoms with Crippen LogP contribution in [0.5, 0.6) is 0 Å². The summed E-state index contributed by atoms with van der Waals surface area (Å²) < 4.78 is 0. The third-order valence-corrected chi connectivity index (χ3v) is 4.46. The van der Waals surface area contributed by atoms with Crippen LogP contribution in [0.25, 0.3) is 0 Å². The van der Waals surface area contributed by atoms with E-state index in [4.69, 9.17) is 0 Å². The lowest BCUT2D eigenvalue weighted by atomic mass is 10.1. The van der Waals surface area contributed by atoms with Crippen LogP contribution in [0.2, 0.25) is 0 Å². The van der Waals surface area contributed by atoms with Gasteiger partial charge < -0.3 is 4.90 Å². The first kappa shape index (κ1) is 17.8. The third kappa shape index (κ3) is 4.33. The highest BCUT2D eigenvalue weighted by atomic mass is 16.1. The fourth-order valence-corrected chi connectivity index (χ4v) is 2.83. The van der Waals surface area contributed by atoms with Crippen molar-refractivity contribution in [1.29, 1.82) is 0 Å². The quantitative estimate of drug-likeness (QED) is 0.606. The van der Waals surface area contributed by atoms with Crippen LogP contribution in [0.15, 0.2) is 58.9 Å². The highest BCUT2D eigenvalue weighted by Crippen LogP contribution is 2.19. The number of ketones is 2. The lowest BCUT2D eigenvalue weighted by molar-refractivity contribution is 0.100. The normalized spacial score (nSPS) is 14.7. The largest absolute Gasteiger partial charge is 0.368 e. The van der Waals surface area contributed by atoms with Crippen molar-refractivity contribution in [3.63, 3.8) is 0 Å². The third-order valence-electron chi connectivity index (χ3n) is 4.46. The molecule has 134 valence electrons. The van der Waals surface area contributed by atoms with Gasteiger partial charge in [0.25, 0.3) is 0 Å². The fourth-order valence-electron chi connectivity index (χ4n) is 2.83. The molecule has 0 atom stereocenters. The van der Waals surface area contributed by atoms with Gasteiger partial charge in [-0.1, -0.05) is 5.22 Å². The highest BCUT2D eigenvalue weighted by Gasteiger charge is 2.16.